The second-order valence-corrected chi connectivity index (χ2v) is 7.58. The van der Waals surface area contributed by atoms with Crippen LogP contribution in [0.15, 0.2) is 30.3 Å². The number of hydrogen-bond acceptors (Lipinski definition) is 9. The van der Waals surface area contributed by atoms with Gasteiger partial charge in [-0.25, -0.2) is 0 Å². The van der Waals surface area contributed by atoms with E-state index >= 15 is 0 Å². The van der Waals surface area contributed by atoms with E-state index in [1.54, 1.807) is 6.07 Å². The number of carbonyl (C=O) groups is 1. The number of rotatable bonds is 3. The zero-order chi connectivity index (χ0) is 21.7. The van der Waals surface area contributed by atoms with Crippen molar-refractivity contribution in [3.8, 4) is 11.5 Å². The fraction of sp³-hybridized carbons (Fsp3) is 0.381. The summed E-state index contributed by atoms with van der Waals surface area (Å²) in [5, 5.41) is 71.0. The number of aliphatic hydroxyl groups is 5. The molecule has 0 radical (unpaired) electrons. The molecule has 30 heavy (non-hydrogen) atoms. The van der Waals surface area contributed by atoms with E-state index in [2.05, 4.69) is 0 Å². The van der Waals surface area contributed by atoms with Crippen LogP contribution in [0.4, 0.5) is 0 Å². The zero-order valence-corrected chi connectivity index (χ0v) is 15.7. The summed E-state index contributed by atoms with van der Waals surface area (Å²) in [7, 11) is 0. The van der Waals surface area contributed by atoms with Gasteiger partial charge < -0.3 is 40.5 Å². The maximum absolute atomic E-state index is 13.1. The molecule has 2 aliphatic rings. The molecule has 6 atom stereocenters. The third-order valence-corrected chi connectivity index (χ3v) is 5.85. The number of hydrogen-bond donors (Lipinski definition) is 7. The third-order valence-electron chi connectivity index (χ3n) is 5.85. The molecule has 0 saturated carbocycles. The van der Waals surface area contributed by atoms with Gasteiger partial charge >= 0.3 is 0 Å². The molecule has 9 heteroatoms. The first kappa shape index (κ1) is 20.7. The SMILES string of the molecule is O=C1c2c(O)cccc2[C@@H]([C@@H]2O[C@@H](CO)[C@H](O)[C@H](O)[C@@H]2O)c2cc(CO)cc(O)c21. The molecule has 0 bridgehead atoms. The minimum atomic E-state index is -1.64. The molecule has 0 unspecified atom stereocenters. The summed E-state index contributed by atoms with van der Waals surface area (Å²) >= 11 is 0. The van der Waals surface area contributed by atoms with Crippen LogP contribution in [-0.2, 0) is 11.3 Å². The summed E-state index contributed by atoms with van der Waals surface area (Å²) in [6, 6.07) is 7.06. The van der Waals surface area contributed by atoms with E-state index < -0.39 is 61.2 Å². The van der Waals surface area contributed by atoms with E-state index in [0.717, 1.165) is 0 Å². The molecule has 9 nitrogen and oxygen atoms in total. The van der Waals surface area contributed by atoms with Crippen LogP contribution in [0, 0.1) is 0 Å². The van der Waals surface area contributed by atoms with Gasteiger partial charge in [-0.1, -0.05) is 18.2 Å². The van der Waals surface area contributed by atoms with Gasteiger partial charge in [0.15, 0.2) is 0 Å². The molecule has 0 spiro atoms. The Balaban J connectivity index is 1.96. The minimum Gasteiger partial charge on any atom is -0.507 e. The highest BCUT2D eigenvalue weighted by molar-refractivity contribution is 6.16. The zero-order valence-electron chi connectivity index (χ0n) is 15.7. The molecule has 1 aliphatic heterocycles. The van der Waals surface area contributed by atoms with Crippen molar-refractivity contribution in [3.05, 3.63) is 58.1 Å². The third kappa shape index (κ3) is 2.99. The Hall–Kier alpha value is -2.53. The lowest BCUT2D eigenvalue weighted by Crippen LogP contribution is -2.60. The number of ketones is 1. The van der Waals surface area contributed by atoms with Gasteiger partial charge in [0.1, 0.15) is 35.9 Å². The lowest BCUT2D eigenvalue weighted by atomic mass is 9.71. The summed E-state index contributed by atoms with van der Waals surface area (Å²) < 4.78 is 5.73. The van der Waals surface area contributed by atoms with Gasteiger partial charge in [0.05, 0.1) is 30.4 Å². The molecule has 1 saturated heterocycles. The first-order valence-electron chi connectivity index (χ1n) is 9.43. The van der Waals surface area contributed by atoms with Crippen molar-refractivity contribution in [3.63, 3.8) is 0 Å². The van der Waals surface area contributed by atoms with Crippen LogP contribution in [0.5, 0.6) is 11.5 Å². The average molecular weight is 418 g/mol. The number of phenolic OH excluding ortho intramolecular Hbond substituents is 2. The summed E-state index contributed by atoms with van der Waals surface area (Å²) in [4.78, 5) is 13.1. The number of benzene rings is 2. The van der Waals surface area contributed by atoms with E-state index in [1.165, 1.54) is 24.3 Å². The average Bonchev–Trinajstić information content (AvgIpc) is 2.73. The normalized spacial score (nSPS) is 30.6. The van der Waals surface area contributed by atoms with Gasteiger partial charge in [-0.2, -0.15) is 0 Å². The Morgan fingerprint density at radius 1 is 0.867 bits per heavy atom. The monoisotopic (exact) mass is 418 g/mol. The highest BCUT2D eigenvalue weighted by atomic mass is 16.5. The van der Waals surface area contributed by atoms with Crippen molar-refractivity contribution < 1.29 is 45.3 Å². The van der Waals surface area contributed by atoms with Crippen LogP contribution in [0.1, 0.15) is 38.5 Å². The van der Waals surface area contributed by atoms with Gasteiger partial charge in [-0.3, -0.25) is 4.79 Å². The molecule has 1 heterocycles. The highest BCUT2D eigenvalue weighted by Crippen LogP contribution is 2.47. The predicted molar refractivity (Wildman–Crippen MR) is 101 cm³/mol. The maximum Gasteiger partial charge on any atom is 0.201 e. The number of carbonyl (C=O) groups excluding carboxylic acids is 1. The number of aromatic hydroxyl groups is 2. The maximum atomic E-state index is 13.1. The molecular weight excluding hydrogens is 396 g/mol. The summed E-state index contributed by atoms with van der Waals surface area (Å²) in [6.07, 6.45) is -7.22. The number of aliphatic hydroxyl groups excluding tert-OH is 5. The standard InChI is InChI=1S/C21H22O9/c22-6-8-4-10-14(21-20(29)19(28)17(26)13(7-23)30-21)9-2-1-3-11(24)15(9)18(27)16(10)12(25)5-8/h1-5,13-14,17,19-26,28-29H,6-7H2/t13-,14+,17-,19-,20-,21-/m0/s1. The summed E-state index contributed by atoms with van der Waals surface area (Å²) in [6.45, 7) is -1.06. The van der Waals surface area contributed by atoms with Crippen LogP contribution in [-0.4, -0.2) is 78.7 Å². The van der Waals surface area contributed by atoms with E-state index in [0.29, 0.717) is 5.56 Å². The number of fused-ring (bicyclic) bond motifs is 2. The molecule has 1 fully saturated rings. The second kappa shape index (κ2) is 7.62. The highest BCUT2D eigenvalue weighted by Gasteiger charge is 2.50. The van der Waals surface area contributed by atoms with Crippen molar-refractivity contribution in [2.75, 3.05) is 6.61 Å². The molecule has 4 rings (SSSR count). The summed E-state index contributed by atoms with van der Waals surface area (Å²) in [5.41, 5.74) is 0.609. The molecule has 2 aromatic carbocycles. The lowest BCUT2D eigenvalue weighted by molar-refractivity contribution is -0.232. The molecule has 0 amide bonds. The summed E-state index contributed by atoms with van der Waals surface area (Å²) in [5.74, 6) is -2.34. The van der Waals surface area contributed by atoms with Crippen molar-refractivity contribution in [1.29, 1.82) is 0 Å². The van der Waals surface area contributed by atoms with Crippen LogP contribution < -0.4 is 0 Å². The second-order valence-electron chi connectivity index (χ2n) is 7.58. The van der Waals surface area contributed by atoms with E-state index in [4.69, 9.17) is 4.74 Å². The molecular formula is C21H22O9. The minimum absolute atomic E-state index is 0.0843. The number of phenols is 2. The van der Waals surface area contributed by atoms with Gasteiger partial charge in [0.2, 0.25) is 5.78 Å². The van der Waals surface area contributed by atoms with Crippen LogP contribution in [0.2, 0.25) is 0 Å². The Bertz CT molecular complexity index is 987. The van der Waals surface area contributed by atoms with Crippen LogP contribution in [0.3, 0.4) is 0 Å². The lowest BCUT2D eigenvalue weighted by Gasteiger charge is -2.45. The van der Waals surface area contributed by atoms with E-state index in [9.17, 15) is 40.5 Å². The topological polar surface area (TPSA) is 168 Å². The van der Waals surface area contributed by atoms with Gasteiger partial charge in [-0.05, 0) is 28.8 Å². The number of ether oxygens (including phenoxy) is 1. The van der Waals surface area contributed by atoms with Crippen molar-refractivity contribution in [2.45, 2.75) is 43.0 Å². The Morgan fingerprint density at radius 3 is 2.23 bits per heavy atom. The van der Waals surface area contributed by atoms with Gasteiger partial charge in [-0.15, -0.1) is 0 Å². The molecule has 0 aromatic heterocycles. The Labute approximate surface area is 171 Å². The van der Waals surface area contributed by atoms with Crippen molar-refractivity contribution >= 4 is 5.78 Å². The molecule has 7 N–H and O–H groups in total. The fourth-order valence-corrected chi connectivity index (χ4v) is 4.41. The smallest absolute Gasteiger partial charge is 0.201 e. The molecule has 2 aromatic rings. The fourth-order valence-electron chi connectivity index (χ4n) is 4.41. The largest absolute Gasteiger partial charge is 0.507 e. The molecule has 1 aliphatic carbocycles. The first-order valence-corrected chi connectivity index (χ1v) is 9.43. The van der Waals surface area contributed by atoms with Crippen molar-refractivity contribution in [1.82, 2.24) is 0 Å². The Kier molecular flexibility index (Phi) is 5.27. The molecule has 160 valence electrons. The van der Waals surface area contributed by atoms with Gasteiger partial charge in [0, 0.05) is 5.92 Å². The predicted octanol–water partition coefficient (Wildman–Crippen LogP) is -0.891. The van der Waals surface area contributed by atoms with E-state index in [-0.39, 0.29) is 28.0 Å². The van der Waals surface area contributed by atoms with Crippen LogP contribution in [0.25, 0.3) is 0 Å². The Morgan fingerprint density at radius 2 is 1.57 bits per heavy atom. The quantitative estimate of drug-likeness (QED) is 0.334. The van der Waals surface area contributed by atoms with Crippen molar-refractivity contribution in [2.24, 2.45) is 0 Å². The van der Waals surface area contributed by atoms with E-state index in [1.807, 2.05) is 0 Å². The van der Waals surface area contributed by atoms with Crippen LogP contribution >= 0.6 is 0 Å². The first-order chi connectivity index (χ1) is 14.3. The van der Waals surface area contributed by atoms with Gasteiger partial charge in [0.25, 0.3) is 0 Å².